The lowest BCUT2D eigenvalue weighted by molar-refractivity contribution is -0.107. The van der Waals surface area contributed by atoms with Gasteiger partial charge in [0.1, 0.15) is 30.8 Å². The number of carbonyl (C=O) groups is 2. The number of anilines is 3. The van der Waals surface area contributed by atoms with Gasteiger partial charge in [0.15, 0.2) is 17.1 Å². The molecule has 1 saturated heterocycles. The number of aldehydes is 1. The first-order valence-electron chi connectivity index (χ1n) is 20.2. The number of hydrogen-bond acceptors (Lipinski definition) is 14. The molecule has 63 heavy (non-hydrogen) atoms. The van der Waals surface area contributed by atoms with Gasteiger partial charge in [0.05, 0.1) is 27.1 Å². The van der Waals surface area contributed by atoms with Crippen molar-refractivity contribution in [3.05, 3.63) is 95.8 Å². The van der Waals surface area contributed by atoms with Crippen molar-refractivity contribution in [1.29, 1.82) is 5.41 Å². The lowest BCUT2D eigenvalue weighted by Gasteiger charge is -2.41. The van der Waals surface area contributed by atoms with E-state index in [4.69, 9.17) is 15.9 Å². The molecule has 18 nitrogen and oxygen atoms in total. The summed E-state index contributed by atoms with van der Waals surface area (Å²) in [6.45, 7) is 12.0. The summed E-state index contributed by atoms with van der Waals surface area (Å²) < 4.78 is 52.2. The van der Waals surface area contributed by atoms with Gasteiger partial charge < -0.3 is 36.2 Å². The summed E-state index contributed by atoms with van der Waals surface area (Å²) in [5.41, 5.74) is 9.12. The molecule has 20 heteroatoms. The Morgan fingerprint density at radius 2 is 1.94 bits per heavy atom. The Balaban J connectivity index is 1.13. The molecular formula is C43H52FN13O5S. The number of rotatable bonds is 17. The Bertz CT molecular complexity index is 2730. The summed E-state index contributed by atoms with van der Waals surface area (Å²) in [5.74, 6) is -0.119. The average Bonchev–Trinajstić information content (AvgIpc) is 3.60. The maximum Gasteiger partial charge on any atom is 0.322 e. The Labute approximate surface area is 365 Å². The van der Waals surface area contributed by atoms with Crippen LogP contribution in [0.4, 0.5) is 26.4 Å². The van der Waals surface area contributed by atoms with Gasteiger partial charge in [-0.25, -0.2) is 32.3 Å². The molecule has 0 spiro atoms. The molecule has 0 aliphatic carbocycles. The molecule has 6 rings (SSSR count). The Hall–Kier alpha value is -6.93. The fourth-order valence-electron chi connectivity index (χ4n) is 7.32. The molecule has 2 amide bonds. The highest BCUT2D eigenvalue weighted by Crippen LogP contribution is 2.32. The molecule has 5 aromatic rings. The monoisotopic (exact) mass is 881 g/mol. The van der Waals surface area contributed by atoms with E-state index in [0.29, 0.717) is 32.0 Å². The van der Waals surface area contributed by atoms with Crippen LogP contribution < -0.4 is 36.4 Å². The molecule has 2 aromatic heterocycles. The normalized spacial score (nSPS) is 15.1. The molecule has 3 aromatic carbocycles. The molecular weight excluding hydrogens is 830 g/mol. The Morgan fingerprint density at radius 1 is 1.16 bits per heavy atom. The van der Waals surface area contributed by atoms with Gasteiger partial charge >= 0.3 is 6.03 Å². The van der Waals surface area contributed by atoms with Gasteiger partial charge in [-0.05, 0) is 74.9 Å². The highest BCUT2D eigenvalue weighted by atomic mass is 32.2. The lowest BCUT2D eigenvalue weighted by atomic mass is 10.1. The molecule has 1 aliphatic rings. The largest absolute Gasteiger partial charge is 0.485 e. The number of ether oxygens (including phenoxy) is 1. The average molecular weight is 882 g/mol. The van der Waals surface area contributed by atoms with E-state index >= 15 is 4.39 Å². The van der Waals surface area contributed by atoms with Crippen molar-refractivity contribution >= 4 is 68.8 Å². The van der Waals surface area contributed by atoms with Gasteiger partial charge in [0.2, 0.25) is 9.84 Å². The third-order valence-electron chi connectivity index (χ3n) is 10.5. The second-order valence-corrected chi connectivity index (χ2v) is 17.0. The van der Waals surface area contributed by atoms with E-state index in [1.165, 1.54) is 47.4 Å². The zero-order valence-corrected chi connectivity index (χ0v) is 36.6. The van der Waals surface area contributed by atoms with E-state index in [0.717, 1.165) is 40.7 Å². The van der Waals surface area contributed by atoms with Crippen LogP contribution in [0.3, 0.4) is 0 Å². The first kappa shape index (κ1) is 45.6. The number of sulfone groups is 1. The van der Waals surface area contributed by atoms with Crippen molar-refractivity contribution in [1.82, 2.24) is 29.7 Å². The number of aryl methyl sites for hydroxylation is 1. The molecule has 5 N–H and O–H groups in total. The van der Waals surface area contributed by atoms with Crippen LogP contribution in [-0.2, 0) is 28.2 Å². The number of nitrogens with two attached hydrogens (primary N) is 1. The van der Waals surface area contributed by atoms with E-state index in [1.54, 1.807) is 30.7 Å². The minimum atomic E-state index is -4.09. The number of carbonyl (C=O) groups excluding carboxylic acids is 2. The third kappa shape index (κ3) is 9.92. The number of aromatic nitrogens is 4. The maximum atomic E-state index is 15.6. The van der Waals surface area contributed by atoms with Crippen LogP contribution in [0.1, 0.15) is 38.4 Å². The highest BCUT2D eigenvalue weighted by molar-refractivity contribution is 7.91. The summed E-state index contributed by atoms with van der Waals surface area (Å²) in [6.07, 6.45) is 4.24. The molecule has 3 heterocycles. The zero-order chi connectivity index (χ0) is 45.4. The van der Waals surface area contributed by atoms with Crippen LogP contribution >= 0.6 is 0 Å². The van der Waals surface area contributed by atoms with Crippen LogP contribution in [0, 0.1) is 11.2 Å². The summed E-state index contributed by atoms with van der Waals surface area (Å²) in [7, 11) is -0.730. The molecule has 0 saturated carbocycles. The second kappa shape index (κ2) is 19.8. The number of nitrogens with zero attached hydrogens (tertiary/aromatic N) is 9. The van der Waals surface area contributed by atoms with E-state index in [2.05, 4.69) is 60.3 Å². The molecule has 332 valence electrons. The van der Waals surface area contributed by atoms with Crippen LogP contribution in [0.25, 0.3) is 16.5 Å². The molecule has 0 radical (unpaired) electrons. The van der Waals surface area contributed by atoms with Crippen molar-refractivity contribution in [3.8, 4) is 5.75 Å². The third-order valence-corrected chi connectivity index (χ3v) is 12.3. The van der Waals surface area contributed by atoms with Crippen molar-refractivity contribution in [3.63, 3.8) is 0 Å². The number of urea groups is 1. The number of halogens is 1. The zero-order valence-electron chi connectivity index (χ0n) is 35.8. The molecule has 1 fully saturated rings. The SMILES string of the molecule is C=Nn1cnc(/C(C=N)=C/N)c(OC(C)C)/c1=N/CNc1ccc(S(=O)(=O)c2cccc(CN3CCN(c4ccc5c(N(CCC=O)C(=O)NC)nn(C)c5c4)CC3C)c2)cc1F. The van der Waals surface area contributed by atoms with Crippen LogP contribution in [0.15, 0.2) is 93.1 Å². The predicted molar refractivity (Wildman–Crippen MR) is 242 cm³/mol. The molecule has 0 bridgehead atoms. The van der Waals surface area contributed by atoms with Gasteiger partial charge in [-0.3, -0.25) is 14.5 Å². The highest BCUT2D eigenvalue weighted by Gasteiger charge is 2.27. The Kier molecular flexibility index (Phi) is 14.4. The number of fused-ring (bicyclic) bond motifs is 1. The quantitative estimate of drug-likeness (QED) is 0.0759. The number of piperazine rings is 1. The van der Waals surface area contributed by atoms with E-state index < -0.39 is 15.7 Å². The molecule has 1 unspecified atom stereocenters. The van der Waals surface area contributed by atoms with Gasteiger partial charge in [0, 0.05) is 95.1 Å². The van der Waals surface area contributed by atoms with Crippen molar-refractivity contribution in [2.24, 2.45) is 22.9 Å². The number of benzene rings is 3. The van der Waals surface area contributed by atoms with Gasteiger partial charge in [0.25, 0.3) is 0 Å². The fourth-order valence-corrected chi connectivity index (χ4v) is 8.67. The number of nitrogens with one attached hydrogen (secondary N) is 3. The minimum absolute atomic E-state index is 0.0177. The second-order valence-electron chi connectivity index (χ2n) is 15.0. The summed E-state index contributed by atoms with van der Waals surface area (Å²) in [5, 5.41) is 22.6. The Morgan fingerprint density at radius 3 is 2.60 bits per heavy atom. The molecule has 1 aliphatic heterocycles. The van der Waals surface area contributed by atoms with E-state index in [1.807, 2.05) is 25.2 Å². The van der Waals surface area contributed by atoms with Crippen molar-refractivity contribution < 1.29 is 27.1 Å². The molecule has 1 atom stereocenters. The smallest absolute Gasteiger partial charge is 0.322 e. The summed E-state index contributed by atoms with van der Waals surface area (Å²) in [4.78, 5) is 38.5. The first-order chi connectivity index (χ1) is 30.2. The van der Waals surface area contributed by atoms with Crippen LogP contribution in [-0.4, -0.2) is 110 Å². The van der Waals surface area contributed by atoms with E-state index in [-0.39, 0.29) is 75.8 Å². The van der Waals surface area contributed by atoms with Gasteiger partial charge in [-0.15, -0.1) is 0 Å². The van der Waals surface area contributed by atoms with Crippen molar-refractivity contribution in [2.75, 3.05) is 55.0 Å². The first-order valence-corrected chi connectivity index (χ1v) is 21.7. The fraction of sp³-hybridized carbons (Fsp3) is 0.326. The number of allylic oxidation sites excluding steroid dienone is 1. The van der Waals surface area contributed by atoms with Gasteiger partial charge in [-0.2, -0.15) is 10.2 Å². The number of amides is 2. The number of hydrogen-bond donors (Lipinski definition) is 4. The van der Waals surface area contributed by atoms with Crippen molar-refractivity contribution in [2.45, 2.75) is 55.7 Å². The maximum absolute atomic E-state index is 15.6. The lowest BCUT2D eigenvalue weighted by Crippen LogP contribution is -2.51. The minimum Gasteiger partial charge on any atom is -0.485 e. The van der Waals surface area contributed by atoms with E-state index in [9.17, 15) is 18.0 Å². The topological polar surface area (TPSA) is 222 Å². The summed E-state index contributed by atoms with van der Waals surface area (Å²) >= 11 is 0. The predicted octanol–water partition coefficient (Wildman–Crippen LogP) is 4.36. The van der Waals surface area contributed by atoms with Crippen LogP contribution in [0.5, 0.6) is 5.75 Å². The van der Waals surface area contributed by atoms with Gasteiger partial charge in [-0.1, -0.05) is 12.1 Å². The standard InChI is InChI=1S/C43H52FN13O5S/c1-28(2)62-40-39(31(22-45)23-46)51-27-57(48-5)42(40)50-26-49-37-14-12-34(21-36(37)44)63(60,61)33-10-7-9-30(19-33)25-54-16-17-55(24-29(54)3)32-11-13-35-38(20-32)53(6)52-41(35)56(15-8-18-58)43(59)47-4/h7,9-14,18-23,27-29,45,49H,5,8,15-17,24-26,46H2,1-4,6H3,(H,47,59)/b31-23+,45-22?,50-42-. The van der Waals surface area contributed by atoms with Crippen LogP contribution in [0.2, 0.25) is 0 Å². The summed E-state index contributed by atoms with van der Waals surface area (Å²) in [6, 6.07) is 16.2.